The Balaban J connectivity index is 0. The van der Waals surface area contributed by atoms with Gasteiger partial charge in [0.15, 0.2) is 0 Å². The summed E-state index contributed by atoms with van der Waals surface area (Å²) in [7, 11) is 1.00. The van der Waals surface area contributed by atoms with Gasteiger partial charge in [-0.2, -0.15) is 17.6 Å². The van der Waals surface area contributed by atoms with Crippen LogP contribution in [0.3, 0.4) is 0 Å². The van der Waals surface area contributed by atoms with Gasteiger partial charge in [0.2, 0.25) is 17.5 Å². The summed E-state index contributed by atoms with van der Waals surface area (Å²) in [6.45, 7) is -6.01. The smallest absolute Gasteiger partial charge is 1.00 e. The van der Waals surface area contributed by atoms with Gasteiger partial charge in [-0.25, -0.2) is 8.78 Å². The molecule has 0 saturated heterocycles. The van der Waals surface area contributed by atoms with Gasteiger partial charge in [-0.15, -0.1) is 20.4 Å². The number of ketones is 1. The number of carbonyl (C=O) groups excluding carboxylic acids is 1. The van der Waals surface area contributed by atoms with E-state index in [1.165, 1.54) is 42.5 Å². The number of alkyl halides is 4. The molecule has 44 heavy (non-hydrogen) atoms. The molecule has 2 aromatic heterocycles. The number of carbonyl (C=O) groups is 1. The van der Waals surface area contributed by atoms with E-state index in [9.17, 15) is 36.2 Å². The number of aromatic nitrogens is 4. The van der Waals surface area contributed by atoms with Gasteiger partial charge in [0.1, 0.15) is 23.4 Å². The molecule has 2 heterocycles. The van der Waals surface area contributed by atoms with Crippen molar-refractivity contribution in [2.75, 3.05) is 7.11 Å². The number of aliphatic hydroxyl groups is 2. The Hall–Kier alpha value is -2.61. The van der Waals surface area contributed by atoms with Crippen molar-refractivity contribution in [3.63, 3.8) is 0 Å². The van der Waals surface area contributed by atoms with E-state index >= 15 is 0 Å². The van der Waals surface area contributed by atoms with Crippen LogP contribution in [0.2, 0.25) is 0 Å². The number of halogens is 8. The summed E-state index contributed by atoms with van der Waals surface area (Å²) < 4.78 is 82.3. The number of hydrogen-bond acceptors (Lipinski definition) is 9. The Bertz CT molecular complexity index is 1480. The third-order valence-corrected chi connectivity index (χ3v) is 5.89. The molecule has 3 radical (unpaired) electrons. The van der Waals surface area contributed by atoms with Gasteiger partial charge >= 0.3 is 42.8 Å². The monoisotopic (exact) mass is 761 g/mol. The van der Waals surface area contributed by atoms with E-state index in [1.807, 2.05) is 0 Å². The summed E-state index contributed by atoms with van der Waals surface area (Å²) in [5.41, 5.74) is 0.639. The predicted molar refractivity (Wildman–Crippen MR) is 148 cm³/mol. The molecule has 0 aliphatic carbocycles. The molecule has 0 aliphatic heterocycles. The first-order valence-electron chi connectivity index (χ1n) is 11.1. The number of ether oxygens (including phenoxy) is 2. The van der Waals surface area contributed by atoms with Crippen LogP contribution in [-0.2, 0) is 0 Å². The second-order valence-corrected chi connectivity index (χ2v) is 9.05. The first-order valence-corrected chi connectivity index (χ1v) is 12.7. The average Bonchev–Trinajstić information content (AvgIpc) is 2.97. The van der Waals surface area contributed by atoms with Gasteiger partial charge in [0, 0.05) is 33.2 Å². The Morgan fingerprint density at radius 1 is 0.773 bits per heavy atom. The predicted octanol–water partition coefficient (Wildman–Crippen LogP) is 2.62. The summed E-state index contributed by atoms with van der Waals surface area (Å²) in [5, 5.41) is 30.9. The van der Waals surface area contributed by atoms with Crippen molar-refractivity contribution < 1.29 is 81.8 Å². The van der Waals surface area contributed by atoms with E-state index in [4.69, 9.17) is 5.11 Å². The number of nitrogens with zero attached hydrogens (tertiary/aromatic N) is 4. The van der Waals surface area contributed by atoms with Gasteiger partial charge < -0.3 is 21.1 Å². The molecule has 2 N–H and O–H groups in total. The topological polar surface area (TPSA) is 128 Å². The first kappa shape index (κ1) is 41.4. The maximum atomic E-state index is 13.1. The summed E-state index contributed by atoms with van der Waals surface area (Å²) in [5.74, 6) is -2.23. The van der Waals surface area contributed by atoms with E-state index in [0.29, 0.717) is 5.56 Å². The molecule has 0 amide bonds. The molecule has 229 valence electrons. The zero-order chi connectivity index (χ0) is 31.4. The number of hydrogen-bond donors (Lipinski definition) is 2. The van der Waals surface area contributed by atoms with Crippen LogP contribution in [0.5, 0.6) is 11.8 Å². The van der Waals surface area contributed by atoms with Crippen molar-refractivity contribution in [3.8, 4) is 11.8 Å². The van der Waals surface area contributed by atoms with Crippen LogP contribution in [0, 0.1) is 11.6 Å². The Morgan fingerprint density at radius 3 is 1.70 bits per heavy atom. The summed E-state index contributed by atoms with van der Waals surface area (Å²) in [6, 6.07) is 12.4. The summed E-state index contributed by atoms with van der Waals surface area (Å²) >= 11 is 5.96. The SMILES string of the molecule is CO.O=C(c1ccc(F)c(Br)c1)c1ccc(OC(F)F)nn1.OC(c1ccc(F)c(Br)c1)c1ccc(OC(F)F)nn1.[B].[H-].[Na+]. The number of rotatable bonds is 8. The molecule has 4 rings (SSSR count). The van der Waals surface area contributed by atoms with Crippen LogP contribution in [0.4, 0.5) is 26.3 Å². The number of aliphatic hydroxyl groups excluding tert-OH is 2. The van der Waals surface area contributed by atoms with Crippen LogP contribution >= 0.6 is 31.9 Å². The minimum absolute atomic E-state index is 0. The molecule has 9 nitrogen and oxygen atoms in total. The van der Waals surface area contributed by atoms with Crippen molar-refractivity contribution in [2.24, 2.45) is 0 Å². The molecule has 0 aliphatic rings. The quantitative estimate of drug-likeness (QED) is 0.158. The fourth-order valence-electron chi connectivity index (χ4n) is 2.86. The van der Waals surface area contributed by atoms with Gasteiger partial charge in [-0.1, -0.05) is 6.07 Å². The molecule has 19 heteroatoms. The molecule has 0 bridgehead atoms. The minimum Gasteiger partial charge on any atom is -1.00 e. The second kappa shape index (κ2) is 20.4. The Kier molecular flexibility index (Phi) is 19.2. The van der Waals surface area contributed by atoms with Crippen molar-refractivity contribution >= 4 is 46.1 Å². The molecular weight excluding hydrogens is 744 g/mol. The third kappa shape index (κ3) is 12.8. The van der Waals surface area contributed by atoms with Crippen molar-refractivity contribution in [1.29, 1.82) is 0 Å². The maximum absolute atomic E-state index is 13.1. The summed E-state index contributed by atoms with van der Waals surface area (Å²) in [6.07, 6.45) is -1.15. The molecule has 4 aromatic rings. The molecule has 0 fully saturated rings. The first-order chi connectivity index (χ1) is 19.9. The standard InChI is InChI=1S/C12H8BrF3N2O2.C12H6BrF3N2O2.CH4O.B.Na.H/c2*13-7-5-6(1-2-8(7)14)11(19)9-3-4-10(18-17-9)20-12(15)16;1-2;;;/h1-5,11-12,19H;1-5,12H;2H,1H3;;;/q;;;;+1;-1. The van der Waals surface area contributed by atoms with Crippen LogP contribution in [-0.4, -0.2) is 65.1 Å². The minimum atomic E-state index is -3.01. The van der Waals surface area contributed by atoms with Gasteiger partial charge in [0.05, 0.1) is 14.6 Å². The molecule has 1 unspecified atom stereocenters. The van der Waals surface area contributed by atoms with Gasteiger partial charge in [0.25, 0.3) is 0 Å². The fraction of sp³-hybridized carbons (Fsp3) is 0.160. The molecular formula is C25H19BBr2F6N4NaO5. The van der Waals surface area contributed by atoms with Crippen molar-refractivity contribution in [1.82, 2.24) is 20.4 Å². The van der Waals surface area contributed by atoms with Crippen LogP contribution in [0.25, 0.3) is 0 Å². The van der Waals surface area contributed by atoms with E-state index in [0.717, 1.165) is 25.3 Å². The van der Waals surface area contributed by atoms with Crippen LogP contribution < -0.4 is 39.0 Å². The zero-order valence-electron chi connectivity index (χ0n) is 23.5. The van der Waals surface area contributed by atoms with E-state index in [2.05, 4.69) is 61.7 Å². The molecule has 2 aromatic carbocycles. The summed E-state index contributed by atoms with van der Waals surface area (Å²) in [4.78, 5) is 12.0. The molecule has 0 saturated carbocycles. The Morgan fingerprint density at radius 2 is 1.27 bits per heavy atom. The van der Waals surface area contributed by atoms with Crippen LogP contribution in [0.1, 0.15) is 34.8 Å². The van der Waals surface area contributed by atoms with Gasteiger partial charge in [-0.3, -0.25) is 4.79 Å². The van der Waals surface area contributed by atoms with Crippen LogP contribution in [0.15, 0.2) is 69.6 Å². The maximum Gasteiger partial charge on any atom is 1.00 e. The Labute approximate surface area is 288 Å². The second-order valence-electron chi connectivity index (χ2n) is 7.34. The van der Waals surface area contributed by atoms with Crippen molar-refractivity contribution in [2.45, 2.75) is 19.3 Å². The number of benzene rings is 2. The molecule has 0 spiro atoms. The third-order valence-electron chi connectivity index (χ3n) is 4.67. The average molecular weight is 763 g/mol. The largest absolute Gasteiger partial charge is 1.00 e. The van der Waals surface area contributed by atoms with E-state index in [-0.39, 0.29) is 71.2 Å². The van der Waals surface area contributed by atoms with Crippen molar-refractivity contribution in [3.05, 3.63) is 104 Å². The zero-order valence-corrected chi connectivity index (χ0v) is 27.7. The molecule has 1 atom stereocenters. The van der Waals surface area contributed by atoms with E-state index < -0.39 is 42.6 Å². The van der Waals surface area contributed by atoms with E-state index in [1.54, 1.807) is 0 Å². The van der Waals surface area contributed by atoms with Gasteiger partial charge in [-0.05, 0) is 79.9 Å². The normalized spacial score (nSPS) is 10.7. The fourth-order valence-corrected chi connectivity index (χ4v) is 3.64.